The first-order chi connectivity index (χ1) is 7.00. The molecule has 0 aliphatic heterocycles. The lowest BCUT2D eigenvalue weighted by atomic mass is 10.2. The van der Waals surface area contributed by atoms with Crippen molar-refractivity contribution in [2.75, 3.05) is 14.1 Å². The van der Waals surface area contributed by atoms with Crippen LogP contribution in [0.25, 0.3) is 0 Å². The highest BCUT2D eigenvalue weighted by molar-refractivity contribution is 6.68. The van der Waals surface area contributed by atoms with Gasteiger partial charge in [0, 0.05) is 14.1 Å². The molecule has 1 rings (SSSR count). The zero-order valence-electron chi connectivity index (χ0n) is 8.37. The monoisotopic (exact) mass is 244 g/mol. The maximum absolute atomic E-state index is 11.0. The number of hydrogen-bond donors (Lipinski definition) is 0. The number of carbonyl (C=O) groups excluding carboxylic acids is 1. The van der Waals surface area contributed by atoms with Gasteiger partial charge in [-0.1, -0.05) is 11.6 Å². The van der Waals surface area contributed by atoms with Gasteiger partial charge in [0.25, 0.3) is 5.24 Å². The quantitative estimate of drug-likeness (QED) is 0.466. The van der Waals surface area contributed by atoms with Crippen molar-refractivity contribution in [2.45, 2.75) is 0 Å². The Kier molecular flexibility index (Phi) is 4.12. The van der Waals surface area contributed by atoms with Crippen molar-refractivity contribution in [1.82, 2.24) is 4.90 Å². The molecule has 3 nitrogen and oxygen atoms in total. The first kappa shape index (κ1) is 12.0. The van der Waals surface area contributed by atoms with Crippen LogP contribution in [0, 0.1) is 0 Å². The van der Waals surface area contributed by atoms with Gasteiger partial charge in [0.05, 0.1) is 22.6 Å². The predicted octanol–water partition coefficient (Wildman–Crippen LogP) is 2.94. The third kappa shape index (κ3) is 3.53. The minimum atomic E-state index is -0.582. The molecule has 0 saturated heterocycles. The standard InChI is InChI=1S/C10H10Cl2N2O/c1-14(2)6-13-7-3-4-9(11)8(5-7)10(12)15/h3-6H,1-2H3. The molecule has 0 atom stereocenters. The number of benzene rings is 1. The van der Waals surface area contributed by atoms with Crippen LogP contribution >= 0.6 is 23.2 Å². The lowest BCUT2D eigenvalue weighted by Gasteiger charge is -2.03. The van der Waals surface area contributed by atoms with Crippen LogP contribution in [0.4, 0.5) is 5.69 Å². The van der Waals surface area contributed by atoms with E-state index in [1.54, 1.807) is 29.4 Å². The average Bonchev–Trinajstić information content (AvgIpc) is 2.16. The molecule has 0 saturated carbocycles. The van der Waals surface area contributed by atoms with Crippen LogP contribution in [-0.2, 0) is 0 Å². The molecule has 15 heavy (non-hydrogen) atoms. The molecule has 0 heterocycles. The third-order valence-electron chi connectivity index (χ3n) is 1.60. The summed E-state index contributed by atoms with van der Waals surface area (Å²) < 4.78 is 0. The third-order valence-corrected chi connectivity index (χ3v) is 2.13. The molecular formula is C10H10Cl2N2O. The summed E-state index contributed by atoms with van der Waals surface area (Å²) in [5.41, 5.74) is 0.906. The van der Waals surface area contributed by atoms with E-state index in [0.29, 0.717) is 10.7 Å². The molecule has 0 radical (unpaired) electrons. The number of nitrogens with zero attached hydrogens (tertiary/aromatic N) is 2. The van der Waals surface area contributed by atoms with Gasteiger partial charge in [-0.05, 0) is 29.8 Å². The Morgan fingerprint density at radius 2 is 2.13 bits per heavy atom. The van der Waals surface area contributed by atoms with Crippen LogP contribution in [0.2, 0.25) is 5.02 Å². The lowest BCUT2D eigenvalue weighted by Crippen LogP contribution is -2.07. The van der Waals surface area contributed by atoms with Gasteiger partial charge in [0.15, 0.2) is 0 Å². The minimum absolute atomic E-state index is 0.270. The van der Waals surface area contributed by atoms with Gasteiger partial charge in [0.1, 0.15) is 0 Å². The Morgan fingerprint density at radius 1 is 1.47 bits per heavy atom. The molecule has 0 aromatic heterocycles. The van der Waals surface area contributed by atoms with Crippen LogP contribution in [0.3, 0.4) is 0 Å². The van der Waals surface area contributed by atoms with Gasteiger partial charge in [-0.15, -0.1) is 0 Å². The van der Waals surface area contributed by atoms with Crippen molar-refractivity contribution in [3.8, 4) is 0 Å². The van der Waals surface area contributed by atoms with E-state index < -0.39 is 5.24 Å². The van der Waals surface area contributed by atoms with Gasteiger partial charge in [0.2, 0.25) is 0 Å². The second-order valence-corrected chi connectivity index (χ2v) is 3.90. The van der Waals surface area contributed by atoms with E-state index in [9.17, 15) is 4.79 Å². The molecular weight excluding hydrogens is 235 g/mol. The highest BCUT2D eigenvalue weighted by Crippen LogP contribution is 2.23. The van der Waals surface area contributed by atoms with Crippen LogP contribution in [0.5, 0.6) is 0 Å². The maximum Gasteiger partial charge on any atom is 0.253 e. The summed E-state index contributed by atoms with van der Waals surface area (Å²) in [6.07, 6.45) is 1.63. The number of halogens is 2. The fourth-order valence-corrected chi connectivity index (χ4v) is 1.33. The summed E-state index contributed by atoms with van der Waals surface area (Å²) in [5, 5.41) is -0.249. The number of rotatable bonds is 3. The highest BCUT2D eigenvalue weighted by atomic mass is 35.5. The van der Waals surface area contributed by atoms with E-state index >= 15 is 0 Å². The zero-order valence-corrected chi connectivity index (χ0v) is 9.88. The molecule has 0 N–H and O–H groups in total. The Balaban J connectivity index is 3.03. The molecule has 80 valence electrons. The van der Waals surface area contributed by atoms with E-state index in [4.69, 9.17) is 23.2 Å². The predicted molar refractivity (Wildman–Crippen MR) is 63.5 cm³/mol. The molecule has 0 unspecified atom stereocenters. The Morgan fingerprint density at radius 3 is 2.67 bits per heavy atom. The molecule has 0 bridgehead atoms. The average molecular weight is 245 g/mol. The van der Waals surface area contributed by atoms with Crippen molar-refractivity contribution in [2.24, 2.45) is 4.99 Å². The van der Waals surface area contributed by atoms with Gasteiger partial charge in [-0.3, -0.25) is 4.79 Å². The Labute approximate surface area is 98.3 Å². The Hall–Kier alpha value is -1.06. The van der Waals surface area contributed by atoms with Gasteiger partial charge >= 0.3 is 0 Å². The van der Waals surface area contributed by atoms with Gasteiger partial charge in [-0.25, -0.2) is 4.99 Å². The van der Waals surface area contributed by atoms with Crippen LogP contribution < -0.4 is 0 Å². The van der Waals surface area contributed by atoms with E-state index in [1.165, 1.54) is 0 Å². The molecule has 0 spiro atoms. The van der Waals surface area contributed by atoms with Gasteiger partial charge in [-0.2, -0.15) is 0 Å². The van der Waals surface area contributed by atoms with Crippen molar-refractivity contribution in [3.05, 3.63) is 28.8 Å². The van der Waals surface area contributed by atoms with Gasteiger partial charge < -0.3 is 4.90 Å². The van der Waals surface area contributed by atoms with Crippen LogP contribution in [-0.4, -0.2) is 30.6 Å². The van der Waals surface area contributed by atoms with E-state index in [1.807, 2.05) is 14.1 Å². The van der Waals surface area contributed by atoms with Crippen LogP contribution in [0.15, 0.2) is 23.2 Å². The largest absolute Gasteiger partial charge is 0.369 e. The molecule has 0 amide bonds. The van der Waals surface area contributed by atoms with E-state index in [-0.39, 0.29) is 5.56 Å². The molecule has 0 aliphatic carbocycles. The van der Waals surface area contributed by atoms with E-state index in [0.717, 1.165) is 0 Å². The van der Waals surface area contributed by atoms with Crippen molar-refractivity contribution in [1.29, 1.82) is 0 Å². The topological polar surface area (TPSA) is 32.7 Å². The second-order valence-electron chi connectivity index (χ2n) is 3.15. The van der Waals surface area contributed by atoms with Crippen LogP contribution in [0.1, 0.15) is 10.4 Å². The smallest absolute Gasteiger partial charge is 0.253 e. The summed E-state index contributed by atoms with van der Waals surface area (Å²) >= 11 is 11.1. The second kappa shape index (κ2) is 5.14. The van der Waals surface area contributed by atoms with Crippen molar-refractivity contribution < 1.29 is 4.79 Å². The molecule has 0 aliphatic rings. The summed E-state index contributed by atoms with van der Waals surface area (Å²) in [5.74, 6) is 0. The summed E-state index contributed by atoms with van der Waals surface area (Å²) in [6, 6.07) is 4.86. The number of hydrogen-bond acceptors (Lipinski definition) is 2. The minimum Gasteiger partial charge on any atom is -0.369 e. The molecule has 1 aromatic rings. The SMILES string of the molecule is CN(C)C=Nc1ccc(Cl)c(C(=O)Cl)c1. The fraction of sp³-hybridized carbons (Fsp3) is 0.200. The zero-order chi connectivity index (χ0) is 11.4. The normalized spacial score (nSPS) is 10.7. The Bertz CT molecular complexity index is 402. The number of carbonyl (C=O) groups is 1. The van der Waals surface area contributed by atoms with Crippen molar-refractivity contribution >= 4 is 40.5 Å². The first-order valence-electron chi connectivity index (χ1n) is 4.20. The molecule has 1 aromatic carbocycles. The highest BCUT2D eigenvalue weighted by Gasteiger charge is 2.07. The fourth-order valence-electron chi connectivity index (χ4n) is 0.926. The molecule has 0 fully saturated rings. The lowest BCUT2D eigenvalue weighted by molar-refractivity contribution is 0.108. The molecule has 5 heteroatoms. The van der Waals surface area contributed by atoms with Crippen molar-refractivity contribution in [3.63, 3.8) is 0 Å². The maximum atomic E-state index is 11.0. The first-order valence-corrected chi connectivity index (χ1v) is 4.96. The van der Waals surface area contributed by atoms with E-state index in [2.05, 4.69) is 4.99 Å². The summed E-state index contributed by atoms with van der Waals surface area (Å²) in [7, 11) is 3.71. The summed E-state index contributed by atoms with van der Waals surface area (Å²) in [4.78, 5) is 16.9. The number of aliphatic imine (C=N–C) groups is 1. The summed E-state index contributed by atoms with van der Waals surface area (Å²) in [6.45, 7) is 0.